The highest BCUT2D eigenvalue weighted by molar-refractivity contribution is 5.27. The van der Waals surface area contributed by atoms with E-state index in [4.69, 9.17) is 9.15 Å². The number of furan rings is 1. The first-order chi connectivity index (χ1) is 10.3. The van der Waals surface area contributed by atoms with Gasteiger partial charge in [0.25, 0.3) is 0 Å². The molecule has 0 aliphatic heterocycles. The molecule has 1 heterocycles. The summed E-state index contributed by atoms with van der Waals surface area (Å²) in [7, 11) is 1.71. The van der Waals surface area contributed by atoms with Gasteiger partial charge < -0.3 is 9.15 Å². The minimum atomic E-state index is 0.678. The second-order valence-electron chi connectivity index (χ2n) is 5.77. The van der Waals surface area contributed by atoms with Crippen LogP contribution in [0.4, 0.5) is 0 Å². The molecule has 0 unspecified atom stereocenters. The topological polar surface area (TPSA) is 25.6 Å². The molecule has 1 aromatic heterocycles. The molecular formula is C18H23NO2. The van der Waals surface area contributed by atoms with Crippen LogP contribution in [-0.4, -0.2) is 18.1 Å². The molecule has 0 bridgehead atoms. The van der Waals surface area contributed by atoms with Crippen molar-refractivity contribution >= 4 is 0 Å². The van der Waals surface area contributed by atoms with Crippen molar-refractivity contribution in [3.05, 3.63) is 54.0 Å². The highest BCUT2D eigenvalue weighted by Crippen LogP contribution is 2.27. The van der Waals surface area contributed by atoms with E-state index < -0.39 is 0 Å². The molecule has 1 aromatic carbocycles. The number of benzene rings is 1. The molecule has 3 nitrogen and oxygen atoms in total. The van der Waals surface area contributed by atoms with Crippen molar-refractivity contribution in [3.63, 3.8) is 0 Å². The van der Waals surface area contributed by atoms with Gasteiger partial charge in [-0.3, -0.25) is 4.90 Å². The van der Waals surface area contributed by atoms with Gasteiger partial charge in [-0.05, 0) is 42.7 Å². The Kier molecular flexibility index (Phi) is 4.61. The van der Waals surface area contributed by atoms with Gasteiger partial charge in [-0.15, -0.1) is 0 Å². The smallest absolute Gasteiger partial charge is 0.118 e. The van der Waals surface area contributed by atoms with E-state index in [1.165, 1.54) is 31.2 Å². The van der Waals surface area contributed by atoms with Gasteiger partial charge in [0.2, 0.25) is 0 Å². The first-order valence-electron chi connectivity index (χ1n) is 7.74. The molecule has 1 aliphatic rings. The predicted octanol–water partition coefficient (Wildman–Crippen LogP) is 4.23. The van der Waals surface area contributed by atoms with Gasteiger partial charge in [-0.25, -0.2) is 0 Å². The van der Waals surface area contributed by atoms with Crippen molar-refractivity contribution in [1.82, 2.24) is 4.90 Å². The zero-order chi connectivity index (χ0) is 14.5. The number of methoxy groups -OCH3 is 1. The largest absolute Gasteiger partial charge is 0.497 e. The Balaban J connectivity index is 1.71. The van der Waals surface area contributed by atoms with Crippen molar-refractivity contribution in [2.24, 2.45) is 0 Å². The number of ether oxygens (including phenoxy) is 1. The van der Waals surface area contributed by atoms with Crippen LogP contribution in [-0.2, 0) is 13.1 Å². The fourth-order valence-corrected chi connectivity index (χ4v) is 3.15. The maximum atomic E-state index is 5.54. The van der Waals surface area contributed by atoms with Crippen molar-refractivity contribution in [1.29, 1.82) is 0 Å². The van der Waals surface area contributed by atoms with E-state index in [9.17, 15) is 0 Å². The summed E-state index contributed by atoms with van der Waals surface area (Å²) in [5.41, 5.74) is 1.33. The molecule has 0 radical (unpaired) electrons. The Morgan fingerprint density at radius 2 is 1.86 bits per heavy atom. The van der Waals surface area contributed by atoms with Crippen molar-refractivity contribution < 1.29 is 9.15 Å². The summed E-state index contributed by atoms with van der Waals surface area (Å²) < 4.78 is 10.8. The third-order valence-corrected chi connectivity index (χ3v) is 4.32. The van der Waals surface area contributed by atoms with E-state index in [0.717, 1.165) is 24.6 Å². The van der Waals surface area contributed by atoms with Gasteiger partial charge in [0.15, 0.2) is 0 Å². The summed E-state index contributed by atoms with van der Waals surface area (Å²) in [6.45, 7) is 1.86. The fourth-order valence-electron chi connectivity index (χ4n) is 3.15. The number of nitrogens with zero attached hydrogens (tertiary/aromatic N) is 1. The van der Waals surface area contributed by atoms with Crippen LogP contribution in [0.25, 0.3) is 0 Å². The van der Waals surface area contributed by atoms with Crippen LogP contribution in [0.15, 0.2) is 47.1 Å². The van der Waals surface area contributed by atoms with Crippen LogP contribution >= 0.6 is 0 Å². The molecule has 0 atom stereocenters. The second-order valence-corrected chi connectivity index (χ2v) is 5.77. The van der Waals surface area contributed by atoms with Crippen LogP contribution < -0.4 is 4.74 Å². The highest BCUT2D eigenvalue weighted by Gasteiger charge is 2.23. The molecule has 1 fully saturated rings. The normalized spacial score (nSPS) is 15.7. The summed E-state index contributed by atoms with van der Waals surface area (Å²) in [5, 5.41) is 0. The third-order valence-electron chi connectivity index (χ3n) is 4.32. The van der Waals surface area contributed by atoms with Crippen LogP contribution in [0.1, 0.15) is 37.0 Å². The molecular weight excluding hydrogens is 262 g/mol. The lowest BCUT2D eigenvalue weighted by atomic mass is 10.1. The van der Waals surface area contributed by atoms with E-state index in [1.807, 2.05) is 18.2 Å². The van der Waals surface area contributed by atoms with Crippen LogP contribution in [0.5, 0.6) is 5.75 Å². The zero-order valence-corrected chi connectivity index (χ0v) is 12.6. The average Bonchev–Trinajstić information content (AvgIpc) is 3.21. The Bertz CT molecular complexity index is 527. The maximum absolute atomic E-state index is 5.54. The van der Waals surface area contributed by atoms with Gasteiger partial charge >= 0.3 is 0 Å². The Morgan fingerprint density at radius 1 is 1.10 bits per heavy atom. The van der Waals surface area contributed by atoms with Gasteiger partial charge in [0.1, 0.15) is 11.5 Å². The fraction of sp³-hybridized carbons (Fsp3) is 0.444. The minimum Gasteiger partial charge on any atom is -0.497 e. The molecule has 0 N–H and O–H groups in total. The van der Waals surface area contributed by atoms with Gasteiger partial charge in [0, 0.05) is 12.6 Å². The number of hydrogen-bond acceptors (Lipinski definition) is 3. The second kappa shape index (κ2) is 6.81. The lowest BCUT2D eigenvalue weighted by Gasteiger charge is -2.28. The lowest BCUT2D eigenvalue weighted by molar-refractivity contribution is 0.167. The Labute approximate surface area is 126 Å². The van der Waals surface area contributed by atoms with Crippen LogP contribution in [0, 0.1) is 0 Å². The quantitative estimate of drug-likeness (QED) is 0.794. The van der Waals surface area contributed by atoms with E-state index in [-0.39, 0.29) is 0 Å². The lowest BCUT2D eigenvalue weighted by Crippen LogP contribution is -2.32. The molecule has 0 saturated heterocycles. The number of rotatable bonds is 6. The van der Waals surface area contributed by atoms with E-state index in [2.05, 4.69) is 23.1 Å². The van der Waals surface area contributed by atoms with Gasteiger partial charge in [-0.2, -0.15) is 0 Å². The Morgan fingerprint density at radius 3 is 2.48 bits per heavy atom. The molecule has 0 spiro atoms. The van der Waals surface area contributed by atoms with Crippen LogP contribution in [0.3, 0.4) is 0 Å². The molecule has 1 saturated carbocycles. The summed E-state index contributed by atoms with van der Waals surface area (Å²) in [6.07, 6.45) is 7.06. The molecule has 112 valence electrons. The zero-order valence-electron chi connectivity index (χ0n) is 12.6. The van der Waals surface area contributed by atoms with Crippen molar-refractivity contribution in [2.75, 3.05) is 7.11 Å². The predicted molar refractivity (Wildman–Crippen MR) is 83.2 cm³/mol. The SMILES string of the molecule is COc1ccc(CN(Cc2ccco2)C2CCCC2)cc1. The summed E-state index contributed by atoms with van der Waals surface area (Å²) >= 11 is 0. The molecule has 1 aliphatic carbocycles. The number of hydrogen-bond donors (Lipinski definition) is 0. The van der Waals surface area contributed by atoms with E-state index in [1.54, 1.807) is 13.4 Å². The standard InChI is InChI=1S/C18H23NO2/c1-20-17-10-8-15(9-11-17)13-19(16-5-2-3-6-16)14-18-7-4-12-21-18/h4,7-12,16H,2-3,5-6,13-14H2,1H3. The summed E-state index contributed by atoms with van der Waals surface area (Å²) in [5.74, 6) is 1.97. The molecule has 21 heavy (non-hydrogen) atoms. The average molecular weight is 285 g/mol. The third kappa shape index (κ3) is 3.67. The van der Waals surface area contributed by atoms with Crippen molar-refractivity contribution in [3.8, 4) is 5.75 Å². The van der Waals surface area contributed by atoms with Crippen LogP contribution in [0.2, 0.25) is 0 Å². The maximum Gasteiger partial charge on any atom is 0.118 e. The van der Waals surface area contributed by atoms with Gasteiger partial charge in [0.05, 0.1) is 19.9 Å². The minimum absolute atomic E-state index is 0.678. The van der Waals surface area contributed by atoms with Crippen molar-refractivity contribution in [2.45, 2.75) is 44.8 Å². The molecule has 0 amide bonds. The highest BCUT2D eigenvalue weighted by atomic mass is 16.5. The van der Waals surface area contributed by atoms with E-state index in [0.29, 0.717) is 6.04 Å². The Hall–Kier alpha value is -1.74. The molecule has 3 rings (SSSR count). The van der Waals surface area contributed by atoms with E-state index >= 15 is 0 Å². The molecule has 2 aromatic rings. The van der Waals surface area contributed by atoms with Gasteiger partial charge in [-0.1, -0.05) is 25.0 Å². The summed E-state index contributed by atoms with van der Waals surface area (Å²) in [4.78, 5) is 2.55. The monoisotopic (exact) mass is 285 g/mol. The first-order valence-corrected chi connectivity index (χ1v) is 7.74. The first kappa shape index (κ1) is 14.2. The molecule has 3 heteroatoms. The summed E-state index contributed by atoms with van der Waals surface area (Å²) in [6, 6.07) is 13.1.